The molecule has 0 saturated heterocycles. The summed E-state index contributed by atoms with van der Waals surface area (Å²) in [5, 5.41) is 12.7. The number of rotatable bonds is 3. The summed E-state index contributed by atoms with van der Waals surface area (Å²) in [4.78, 5) is 9.89. The molecule has 92 valence electrons. The number of nitrogens with zero attached hydrogens (tertiary/aromatic N) is 1. The molecule has 0 unspecified atom stereocenters. The van der Waals surface area contributed by atoms with Gasteiger partial charge in [-0.2, -0.15) is 13.5 Å². The Hall–Kier alpha value is -2.13. The highest BCUT2D eigenvalue weighted by atomic mass is 32.2. The zero-order valence-electron chi connectivity index (χ0n) is 8.36. The first-order valence-electron chi connectivity index (χ1n) is 4.19. The lowest BCUT2D eigenvalue weighted by Gasteiger charge is -2.01. The lowest BCUT2D eigenvalue weighted by atomic mass is 10.2. The van der Waals surface area contributed by atoms with Crippen LogP contribution >= 0.6 is 0 Å². The number of primary amides is 1. The minimum Gasteiger partial charge on any atom is -0.507 e. The monoisotopic (exact) mass is 259 g/mol. The van der Waals surface area contributed by atoms with E-state index in [1.54, 1.807) is 0 Å². The number of carbonyl (C=O) groups excluding carboxylic acids is 1. The molecule has 0 spiro atoms. The highest BCUT2D eigenvalue weighted by molar-refractivity contribution is 7.85. The molecule has 0 fully saturated rings. The highest BCUT2D eigenvalue weighted by Gasteiger charge is 2.11. The van der Waals surface area contributed by atoms with Crippen molar-refractivity contribution in [2.75, 3.05) is 0 Å². The fourth-order valence-electron chi connectivity index (χ4n) is 0.962. The van der Waals surface area contributed by atoms with Crippen LogP contribution in [-0.4, -0.2) is 30.3 Å². The molecule has 9 heteroatoms. The molecule has 8 nitrogen and oxygen atoms in total. The van der Waals surface area contributed by atoms with Crippen LogP contribution in [-0.2, 0) is 10.1 Å². The summed E-state index contributed by atoms with van der Waals surface area (Å²) in [5.41, 5.74) is 6.59. The number of phenols is 1. The highest BCUT2D eigenvalue weighted by Crippen LogP contribution is 2.19. The number of urea groups is 1. The summed E-state index contributed by atoms with van der Waals surface area (Å²) in [6, 6.07) is 2.15. The SMILES string of the molecule is NC(=O)NN=Cc1cc(S(=O)(=O)O)ccc1O. The van der Waals surface area contributed by atoms with Crippen LogP contribution in [0.5, 0.6) is 5.75 Å². The lowest BCUT2D eigenvalue weighted by Crippen LogP contribution is -2.24. The second-order valence-corrected chi connectivity index (χ2v) is 4.35. The van der Waals surface area contributed by atoms with Crippen molar-refractivity contribution in [2.45, 2.75) is 4.90 Å². The van der Waals surface area contributed by atoms with E-state index in [0.29, 0.717) is 0 Å². The van der Waals surface area contributed by atoms with Gasteiger partial charge in [0.05, 0.1) is 11.1 Å². The predicted molar refractivity (Wildman–Crippen MR) is 58.2 cm³/mol. The summed E-state index contributed by atoms with van der Waals surface area (Å²) in [6.45, 7) is 0. The Morgan fingerprint density at radius 3 is 2.65 bits per heavy atom. The smallest absolute Gasteiger partial charge is 0.332 e. The second kappa shape index (κ2) is 4.80. The Morgan fingerprint density at radius 2 is 2.12 bits per heavy atom. The first-order chi connectivity index (χ1) is 7.80. The average molecular weight is 259 g/mol. The molecule has 1 aromatic carbocycles. The molecular formula is C8H9N3O5S. The van der Waals surface area contributed by atoms with Crippen LogP contribution in [0.1, 0.15) is 5.56 Å². The Balaban J connectivity index is 3.07. The Kier molecular flexibility index (Phi) is 3.66. The van der Waals surface area contributed by atoms with E-state index in [9.17, 15) is 18.3 Å². The molecule has 0 radical (unpaired) electrons. The van der Waals surface area contributed by atoms with E-state index in [-0.39, 0.29) is 11.3 Å². The number of carbonyl (C=O) groups is 1. The Morgan fingerprint density at radius 1 is 1.47 bits per heavy atom. The van der Waals surface area contributed by atoms with Crippen LogP contribution in [0.3, 0.4) is 0 Å². The maximum absolute atomic E-state index is 10.8. The first kappa shape index (κ1) is 12.9. The number of hydrogen-bond donors (Lipinski definition) is 4. The third-order valence-electron chi connectivity index (χ3n) is 1.68. The van der Waals surface area contributed by atoms with Crippen molar-refractivity contribution in [3.63, 3.8) is 0 Å². The molecule has 5 N–H and O–H groups in total. The quantitative estimate of drug-likeness (QED) is 0.333. The van der Waals surface area contributed by atoms with Gasteiger partial charge in [-0.1, -0.05) is 0 Å². The molecular weight excluding hydrogens is 250 g/mol. The van der Waals surface area contributed by atoms with Gasteiger partial charge in [-0.3, -0.25) is 4.55 Å². The van der Waals surface area contributed by atoms with E-state index in [1.165, 1.54) is 0 Å². The van der Waals surface area contributed by atoms with Crippen molar-refractivity contribution >= 4 is 22.4 Å². The van der Waals surface area contributed by atoms with Gasteiger partial charge in [0, 0.05) is 5.56 Å². The van der Waals surface area contributed by atoms with Gasteiger partial charge in [0.15, 0.2) is 0 Å². The summed E-state index contributed by atoms with van der Waals surface area (Å²) in [7, 11) is -4.37. The molecule has 0 atom stereocenters. The fourth-order valence-corrected chi connectivity index (χ4v) is 1.48. The van der Waals surface area contributed by atoms with Gasteiger partial charge in [0.1, 0.15) is 5.75 Å². The molecule has 0 saturated carbocycles. The largest absolute Gasteiger partial charge is 0.507 e. The standard InChI is InChI=1S/C8H9N3O5S/c9-8(13)11-10-4-5-3-6(17(14,15)16)1-2-7(5)12/h1-4,12H,(H3,9,11,13)(H,14,15,16). The third-order valence-corrected chi connectivity index (χ3v) is 2.52. The van der Waals surface area contributed by atoms with Crippen molar-refractivity contribution in [2.24, 2.45) is 10.8 Å². The number of phenolic OH excluding ortho intramolecular Hbond substituents is 1. The van der Waals surface area contributed by atoms with Gasteiger partial charge in [-0.25, -0.2) is 10.2 Å². The molecule has 1 aromatic rings. The fraction of sp³-hybridized carbons (Fsp3) is 0. The zero-order chi connectivity index (χ0) is 13.1. The van der Waals surface area contributed by atoms with E-state index in [0.717, 1.165) is 24.4 Å². The predicted octanol–water partition coefficient (Wildman–Crippen LogP) is -0.359. The Labute approximate surface area is 96.5 Å². The zero-order valence-corrected chi connectivity index (χ0v) is 9.18. The number of nitrogens with one attached hydrogen (secondary N) is 1. The number of amides is 2. The first-order valence-corrected chi connectivity index (χ1v) is 5.64. The number of aromatic hydroxyl groups is 1. The van der Waals surface area contributed by atoms with Crippen LogP contribution in [0.2, 0.25) is 0 Å². The van der Waals surface area contributed by atoms with Gasteiger partial charge in [0.2, 0.25) is 0 Å². The van der Waals surface area contributed by atoms with E-state index < -0.39 is 21.0 Å². The van der Waals surface area contributed by atoms with Crippen LogP contribution in [0, 0.1) is 0 Å². The molecule has 2 amide bonds. The third kappa shape index (κ3) is 3.74. The summed E-state index contributed by atoms with van der Waals surface area (Å²) in [6.07, 6.45) is 0.981. The van der Waals surface area contributed by atoms with E-state index in [4.69, 9.17) is 10.3 Å². The van der Waals surface area contributed by atoms with Crippen molar-refractivity contribution in [3.8, 4) is 5.75 Å². The summed E-state index contributed by atoms with van der Waals surface area (Å²) < 4.78 is 30.4. The number of hydrazone groups is 1. The lowest BCUT2D eigenvalue weighted by molar-refractivity contribution is 0.249. The topological polar surface area (TPSA) is 142 Å². The molecule has 0 aliphatic rings. The molecule has 0 heterocycles. The van der Waals surface area contributed by atoms with Gasteiger partial charge in [-0.05, 0) is 18.2 Å². The number of benzene rings is 1. The number of hydrogen-bond acceptors (Lipinski definition) is 5. The summed E-state index contributed by atoms with van der Waals surface area (Å²) in [5.74, 6) is -0.271. The molecule has 0 aliphatic carbocycles. The molecule has 17 heavy (non-hydrogen) atoms. The van der Waals surface area contributed by atoms with Gasteiger partial charge >= 0.3 is 6.03 Å². The van der Waals surface area contributed by atoms with Gasteiger partial charge in [0.25, 0.3) is 10.1 Å². The van der Waals surface area contributed by atoms with Gasteiger partial charge in [-0.15, -0.1) is 0 Å². The van der Waals surface area contributed by atoms with E-state index in [1.807, 2.05) is 5.43 Å². The van der Waals surface area contributed by atoms with Crippen LogP contribution in [0.15, 0.2) is 28.2 Å². The maximum Gasteiger partial charge on any atom is 0.332 e. The molecule has 1 rings (SSSR count). The molecule has 0 aliphatic heterocycles. The minimum atomic E-state index is -4.37. The van der Waals surface area contributed by atoms with E-state index >= 15 is 0 Å². The van der Waals surface area contributed by atoms with Crippen molar-refractivity contribution in [3.05, 3.63) is 23.8 Å². The minimum absolute atomic E-state index is 0.00567. The van der Waals surface area contributed by atoms with E-state index in [2.05, 4.69) is 5.10 Å². The molecule has 0 aromatic heterocycles. The maximum atomic E-state index is 10.8. The second-order valence-electron chi connectivity index (χ2n) is 2.93. The van der Waals surface area contributed by atoms with Gasteiger partial charge < -0.3 is 10.8 Å². The van der Waals surface area contributed by atoms with Crippen LogP contribution in [0.25, 0.3) is 0 Å². The Bertz CT molecular complexity index is 567. The van der Waals surface area contributed by atoms with Crippen LogP contribution in [0.4, 0.5) is 4.79 Å². The van der Waals surface area contributed by atoms with Crippen molar-refractivity contribution < 1.29 is 22.9 Å². The summed E-state index contributed by atoms with van der Waals surface area (Å²) >= 11 is 0. The average Bonchev–Trinajstić information content (AvgIpc) is 2.18. The number of nitrogens with two attached hydrogens (primary N) is 1. The van der Waals surface area contributed by atoms with Crippen molar-refractivity contribution in [1.29, 1.82) is 0 Å². The normalized spacial score (nSPS) is 11.6. The van der Waals surface area contributed by atoms with Crippen molar-refractivity contribution in [1.82, 2.24) is 5.43 Å². The van der Waals surface area contributed by atoms with Crippen LogP contribution < -0.4 is 11.2 Å². The molecule has 0 bridgehead atoms.